The molecule has 0 radical (unpaired) electrons. The SMILES string of the molecule is COCOCCn1c(=O)nc(-n2cccn2)[nH]c1=O. The van der Waals surface area contributed by atoms with Gasteiger partial charge in [0, 0.05) is 19.5 Å². The lowest BCUT2D eigenvalue weighted by Gasteiger charge is -2.05. The van der Waals surface area contributed by atoms with Gasteiger partial charge in [-0.25, -0.2) is 18.8 Å². The molecule has 19 heavy (non-hydrogen) atoms. The van der Waals surface area contributed by atoms with Crippen molar-refractivity contribution in [2.75, 3.05) is 20.5 Å². The summed E-state index contributed by atoms with van der Waals surface area (Å²) in [6.07, 6.45) is 3.09. The molecule has 1 N–H and O–H groups in total. The van der Waals surface area contributed by atoms with Crippen LogP contribution >= 0.6 is 0 Å². The summed E-state index contributed by atoms with van der Waals surface area (Å²) in [5.74, 6) is 0.0778. The highest BCUT2D eigenvalue weighted by molar-refractivity contribution is 5.05. The monoisotopic (exact) mass is 267 g/mol. The van der Waals surface area contributed by atoms with E-state index in [9.17, 15) is 9.59 Å². The summed E-state index contributed by atoms with van der Waals surface area (Å²) in [5.41, 5.74) is -1.22. The molecule has 0 atom stereocenters. The Morgan fingerprint density at radius 2 is 2.26 bits per heavy atom. The number of methoxy groups -OCH3 is 1. The first kappa shape index (κ1) is 13.2. The number of ether oxygens (including phenoxy) is 2. The van der Waals surface area contributed by atoms with Gasteiger partial charge < -0.3 is 9.47 Å². The fourth-order valence-corrected chi connectivity index (χ4v) is 1.43. The van der Waals surface area contributed by atoms with Gasteiger partial charge in [0.25, 0.3) is 0 Å². The lowest BCUT2D eigenvalue weighted by Crippen LogP contribution is -2.39. The van der Waals surface area contributed by atoms with Crippen molar-refractivity contribution in [3.05, 3.63) is 39.4 Å². The van der Waals surface area contributed by atoms with E-state index in [2.05, 4.69) is 19.8 Å². The average molecular weight is 267 g/mol. The van der Waals surface area contributed by atoms with Crippen LogP contribution in [0.3, 0.4) is 0 Å². The molecule has 0 fully saturated rings. The van der Waals surface area contributed by atoms with E-state index in [4.69, 9.17) is 4.74 Å². The van der Waals surface area contributed by atoms with E-state index >= 15 is 0 Å². The molecule has 0 aliphatic rings. The number of rotatable bonds is 6. The highest BCUT2D eigenvalue weighted by Gasteiger charge is 2.07. The zero-order valence-corrected chi connectivity index (χ0v) is 10.3. The zero-order valence-electron chi connectivity index (χ0n) is 10.3. The molecule has 0 aliphatic carbocycles. The van der Waals surface area contributed by atoms with Gasteiger partial charge >= 0.3 is 11.4 Å². The molecule has 0 aromatic carbocycles. The first-order chi connectivity index (χ1) is 9.22. The second-order valence-electron chi connectivity index (χ2n) is 3.57. The van der Waals surface area contributed by atoms with Gasteiger partial charge in [0.15, 0.2) is 0 Å². The first-order valence-electron chi connectivity index (χ1n) is 5.50. The first-order valence-corrected chi connectivity index (χ1v) is 5.50. The van der Waals surface area contributed by atoms with Crippen LogP contribution in [0.15, 0.2) is 28.0 Å². The van der Waals surface area contributed by atoms with E-state index in [1.54, 1.807) is 12.3 Å². The molecule has 0 bridgehead atoms. The van der Waals surface area contributed by atoms with Crippen molar-refractivity contribution in [1.29, 1.82) is 0 Å². The molecule has 9 heteroatoms. The van der Waals surface area contributed by atoms with E-state index in [1.807, 2.05) is 0 Å². The van der Waals surface area contributed by atoms with Crippen molar-refractivity contribution in [3.63, 3.8) is 0 Å². The van der Waals surface area contributed by atoms with Crippen LogP contribution in [-0.4, -0.2) is 44.8 Å². The molecule has 0 amide bonds. The predicted molar refractivity (Wildman–Crippen MR) is 64.1 cm³/mol. The number of hydrogen-bond acceptors (Lipinski definition) is 6. The van der Waals surface area contributed by atoms with Crippen molar-refractivity contribution < 1.29 is 9.47 Å². The molecular weight excluding hydrogens is 254 g/mol. The molecule has 0 spiro atoms. The van der Waals surface area contributed by atoms with Crippen LogP contribution in [0.5, 0.6) is 0 Å². The quantitative estimate of drug-likeness (QED) is 0.517. The number of hydrogen-bond donors (Lipinski definition) is 1. The Bertz CT molecular complexity index is 599. The Kier molecular flexibility index (Phi) is 4.21. The van der Waals surface area contributed by atoms with Gasteiger partial charge in [0.2, 0.25) is 5.95 Å². The normalized spacial score (nSPS) is 10.8. The molecule has 2 rings (SSSR count). The van der Waals surface area contributed by atoms with Gasteiger partial charge in [-0.3, -0.25) is 4.98 Å². The van der Waals surface area contributed by atoms with Crippen molar-refractivity contribution in [3.8, 4) is 5.95 Å². The van der Waals surface area contributed by atoms with Gasteiger partial charge in [-0.2, -0.15) is 10.1 Å². The molecule has 2 aromatic rings. The van der Waals surface area contributed by atoms with Crippen LogP contribution in [0.4, 0.5) is 0 Å². The third-order valence-electron chi connectivity index (χ3n) is 2.28. The zero-order chi connectivity index (χ0) is 13.7. The maximum Gasteiger partial charge on any atom is 0.355 e. The van der Waals surface area contributed by atoms with Crippen LogP contribution in [0.25, 0.3) is 5.95 Å². The Balaban J connectivity index is 2.19. The molecule has 0 saturated carbocycles. The predicted octanol–water partition coefficient (Wildman–Crippen LogP) is -1.26. The topological polar surface area (TPSA) is 104 Å². The summed E-state index contributed by atoms with van der Waals surface area (Å²) in [6, 6.07) is 1.66. The fraction of sp³-hybridized carbons (Fsp3) is 0.400. The van der Waals surface area contributed by atoms with E-state index < -0.39 is 11.4 Å². The van der Waals surface area contributed by atoms with Crippen LogP contribution in [0.1, 0.15) is 0 Å². The van der Waals surface area contributed by atoms with Gasteiger partial charge in [-0.05, 0) is 6.07 Å². The van der Waals surface area contributed by atoms with Gasteiger partial charge in [0.1, 0.15) is 6.79 Å². The second kappa shape index (κ2) is 6.07. The Labute approximate surface area is 107 Å². The fourth-order valence-electron chi connectivity index (χ4n) is 1.43. The van der Waals surface area contributed by atoms with Crippen LogP contribution < -0.4 is 11.4 Å². The largest absolute Gasteiger partial charge is 0.359 e. The highest BCUT2D eigenvalue weighted by atomic mass is 16.7. The summed E-state index contributed by atoms with van der Waals surface area (Å²) >= 11 is 0. The molecule has 0 aliphatic heterocycles. The molecule has 9 nitrogen and oxygen atoms in total. The number of H-pyrrole nitrogens is 1. The third kappa shape index (κ3) is 3.14. The minimum atomic E-state index is -0.657. The molecule has 2 heterocycles. The Morgan fingerprint density at radius 1 is 1.42 bits per heavy atom. The van der Waals surface area contributed by atoms with Crippen molar-refractivity contribution in [2.24, 2.45) is 0 Å². The lowest BCUT2D eigenvalue weighted by molar-refractivity contribution is -0.0334. The summed E-state index contributed by atoms with van der Waals surface area (Å²) in [7, 11) is 1.49. The maximum atomic E-state index is 11.8. The Hall–Kier alpha value is -2.26. The molecule has 2 aromatic heterocycles. The van der Waals surface area contributed by atoms with Crippen LogP contribution in [-0.2, 0) is 16.0 Å². The van der Waals surface area contributed by atoms with Crippen LogP contribution in [0.2, 0.25) is 0 Å². The number of aromatic amines is 1. The summed E-state index contributed by atoms with van der Waals surface area (Å²) < 4.78 is 12.0. The van der Waals surface area contributed by atoms with Crippen molar-refractivity contribution >= 4 is 0 Å². The standard InChI is InChI=1S/C10H13N5O4/c1-18-7-19-6-5-14-9(16)12-8(13-10(14)17)15-4-2-3-11-15/h2-4H,5-7H2,1H3,(H,12,13,16,17). The minimum Gasteiger partial charge on any atom is -0.359 e. The molecule has 0 saturated heterocycles. The minimum absolute atomic E-state index is 0.0778. The van der Waals surface area contributed by atoms with E-state index in [0.717, 1.165) is 4.57 Å². The molecule has 102 valence electrons. The average Bonchev–Trinajstić information content (AvgIpc) is 2.90. The Morgan fingerprint density at radius 3 is 2.89 bits per heavy atom. The van der Waals surface area contributed by atoms with Gasteiger partial charge in [0.05, 0.1) is 13.2 Å². The van der Waals surface area contributed by atoms with E-state index in [-0.39, 0.29) is 25.9 Å². The third-order valence-corrected chi connectivity index (χ3v) is 2.28. The molecule has 0 unspecified atom stereocenters. The van der Waals surface area contributed by atoms with Crippen molar-refractivity contribution in [2.45, 2.75) is 6.54 Å². The number of nitrogens with one attached hydrogen (secondary N) is 1. The summed E-state index contributed by atoms with van der Waals surface area (Å²) in [6.45, 7) is 0.384. The van der Waals surface area contributed by atoms with Gasteiger partial charge in [-0.1, -0.05) is 0 Å². The lowest BCUT2D eigenvalue weighted by atomic mass is 10.6. The highest BCUT2D eigenvalue weighted by Crippen LogP contribution is 1.91. The second-order valence-corrected chi connectivity index (χ2v) is 3.57. The number of nitrogens with zero attached hydrogens (tertiary/aromatic N) is 4. The maximum absolute atomic E-state index is 11.8. The van der Waals surface area contributed by atoms with E-state index in [0.29, 0.717) is 0 Å². The molecular formula is C10H13N5O4. The van der Waals surface area contributed by atoms with Crippen LogP contribution in [0, 0.1) is 0 Å². The van der Waals surface area contributed by atoms with E-state index in [1.165, 1.54) is 18.0 Å². The summed E-state index contributed by atoms with van der Waals surface area (Å²) in [4.78, 5) is 29.7. The van der Waals surface area contributed by atoms with Gasteiger partial charge in [-0.15, -0.1) is 0 Å². The van der Waals surface area contributed by atoms with Crippen molar-refractivity contribution in [1.82, 2.24) is 24.3 Å². The smallest absolute Gasteiger partial charge is 0.355 e. The number of aromatic nitrogens is 5. The summed E-state index contributed by atoms with van der Waals surface area (Å²) in [5, 5.41) is 3.88.